The molecule has 1 aliphatic carbocycles. The predicted octanol–water partition coefficient (Wildman–Crippen LogP) is 2.17. The van der Waals surface area contributed by atoms with Crippen LogP contribution >= 0.6 is 0 Å². The minimum absolute atomic E-state index is 0.154. The van der Waals surface area contributed by atoms with Gasteiger partial charge in [-0.15, -0.1) is 0 Å². The number of fused-ring (bicyclic) bond motifs is 1. The lowest BCUT2D eigenvalue weighted by Gasteiger charge is -2.36. The molecule has 0 aromatic heterocycles. The van der Waals surface area contributed by atoms with Gasteiger partial charge in [-0.1, -0.05) is 25.0 Å². The van der Waals surface area contributed by atoms with E-state index < -0.39 is 5.54 Å². The molecule has 1 heterocycles. The fraction of sp³-hybridized carbons (Fsp3) is 0.500. The first-order valence-electron chi connectivity index (χ1n) is 7.21. The predicted molar refractivity (Wildman–Crippen MR) is 76.7 cm³/mol. The van der Waals surface area contributed by atoms with Gasteiger partial charge in [-0.25, -0.2) is 0 Å². The number of imide groups is 1. The van der Waals surface area contributed by atoms with Crippen LogP contribution in [-0.4, -0.2) is 28.8 Å². The van der Waals surface area contributed by atoms with Crippen LogP contribution in [0.25, 0.3) is 0 Å². The van der Waals surface area contributed by atoms with E-state index >= 15 is 0 Å². The molecule has 1 saturated carbocycles. The van der Waals surface area contributed by atoms with Crippen molar-refractivity contribution in [3.8, 4) is 0 Å². The molecule has 1 aromatic rings. The van der Waals surface area contributed by atoms with Gasteiger partial charge < -0.3 is 5.73 Å². The Labute approximate surface area is 118 Å². The van der Waals surface area contributed by atoms with Crippen molar-refractivity contribution < 1.29 is 9.59 Å². The maximum absolute atomic E-state index is 12.8. The smallest absolute Gasteiger partial charge is 0.262 e. The maximum Gasteiger partial charge on any atom is 0.262 e. The topological polar surface area (TPSA) is 63.4 Å². The van der Waals surface area contributed by atoms with E-state index in [0.29, 0.717) is 17.7 Å². The quantitative estimate of drug-likeness (QED) is 0.839. The largest absolute Gasteiger partial charge is 0.328 e. The van der Waals surface area contributed by atoms with Crippen molar-refractivity contribution in [3.63, 3.8) is 0 Å². The molecular weight excluding hydrogens is 252 g/mol. The van der Waals surface area contributed by atoms with E-state index in [9.17, 15) is 9.59 Å². The average Bonchev–Trinajstić information content (AvgIpc) is 2.99. The Morgan fingerprint density at radius 1 is 1.05 bits per heavy atom. The molecule has 4 nitrogen and oxygen atoms in total. The molecule has 0 atom stereocenters. The number of carbonyl (C=O) groups excluding carboxylic acids is 2. The summed E-state index contributed by atoms with van der Waals surface area (Å²) in [7, 11) is 0. The van der Waals surface area contributed by atoms with Crippen LogP contribution in [0.15, 0.2) is 12.1 Å². The summed E-state index contributed by atoms with van der Waals surface area (Å²) in [4.78, 5) is 27.0. The third-order valence-electron chi connectivity index (χ3n) is 4.84. The number of hydrogen-bond acceptors (Lipinski definition) is 3. The normalized spacial score (nSPS) is 20.6. The molecule has 0 spiro atoms. The van der Waals surface area contributed by atoms with E-state index in [0.717, 1.165) is 36.8 Å². The summed E-state index contributed by atoms with van der Waals surface area (Å²) < 4.78 is 0. The molecule has 0 bridgehead atoms. The van der Waals surface area contributed by atoms with Gasteiger partial charge in [-0.2, -0.15) is 0 Å². The molecule has 106 valence electrons. The molecule has 1 aliphatic heterocycles. The minimum Gasteiger partial charge on any atom is -0.328 e. The van der Waals surface area contributed by atoms with Gasteiger partial charge in [0.2, 0.25) is 0 Å². The van der Waals surface area contributed by atoms with Gasteiger partial charge in [0, 0.05) is 6.54 Å². The van der Waals surface area contributed by atoms with Crippen molar-refractivity contribution in [2.75, 3.05) is 6.54 Å². The monoisotopic (exact) mass is 272 g/mol. The van der Waals surface area contributed by atoms with Gasteiger partial charge >= 0.3 is 0 Å². The number of benzene rings is 1. The molecule has 0 unspecified atom stereocenters. The molecule has 4 heteroatoms. The number of nitrogens with zero attached hydrogens (tertiary/aromatic N) is 1. The third kappa shape index (κ3) is 1.57. The lowest BCUT2D eigenvalue weighted by molar-refractivity contribution is 0.0442. The Morgan fingerprint density at radius 3 is 1.90 bits per heavy atom. The van der Waals surface area contributed by atoms with Crippen LogP contribution in [0.1, 0.15) is 57.5 Å². The van der Waals surface area contributed by atoms with E-state index in [-0.39, 0.29) is 11.8 Å². The number of amides is 2. The summed E-state index contributed by atoms with van der Waals surface area (Å²) in [6, 6.07) is 3.82. The highest BCUT2D eigenvalue weighted by atomic mass is 16.2. The standard InChI is InChI=1S/C16H20N2O2/c1-10-5-6-11(2)13-12(10)14(19)18(15(13)20)16(9-17)7-3-4-8-16/h5-6H,3-4,7-9,17H2,1-2H3. The molecule has 2 N–H and O–H groups in total. The van der Waals surface area contributed by atoms with Crippen LogP contribution in [0.4, 0.5) is 0 Å². The van der Waals surface area contributed by atoms with Gasteiger partial charge in [0.05, 0.1) is 16.7 Å². The zero-order valence-corrected chi connectivity index (χ0v) is 12.0. The van der Waals surface area contributed by atoms with Crippen molar-refractivity contribution in [1.82, 2.24) is 4.90 Å². The first-order chi connectivity index (χ1) is 9.52. The second-order valence-electron chi connectivity index (χ2n) is 6.03. The van der Waals surface area contributed by atoms with Gasteiger partial charge in [0.1, 0.15) is 0 Å². The zero-order valence-electron chi connectivity index (χ0n) is 12.0. The molecule has 3 rings (SSSR count). The lowest BCUT2D eigenvalue weighted by Crippen LogP contribution is -2.54. The second-order valence-corrected chi connectivity index (χ2v) is 6.03. The van der Waals surface area contributed by atoms with Gasteiger partial charge in [0.25, 0.3) is 11.8 Å². The Balaban J connectivity index is 2.15. The van der Waals surface area contributed by atoms with Crippen molar-refractivity contribution >= 4 is 11.8 Å². The van der Waals surface area contributed by atoms with E-state index in [1.165, 1.54) is 4.90 Å². The first kappa shape index (κ1) is 13.3. The van der Waals surface area contributed by atoms with E-state index in [4.69, 9.17) is 5.73 Å². The number of carbonyl (C=O) groups is 2. The van der Waals surface area contributed by atoms with Crippen LogP contribution < -0.4 is 5.73 Å². The molecule has 1 aromatic carbocycles. The molecular formula is C16H20N2O2. The van der Waals surface area contributed by atoms with Crippen molar-refractivity contribution in [1.29, 1.82) is 0 Å². The summed E-state index contributed by atoms with van der Waals surface area (Å²) in [6.45, 7) is 4.13. The van der Waals surface area contributed by atoms with Gasteiger partial charge in [-0.05, 0) is 37.8 Å². The maximum atomic E-state index is 12.8. The Morgan fingerprint density at radius 2 is 1.50 bits per heavy atom. The van der Waals surface area contributed by atoms with Crippen LogP contribution in [0.2, 0.25) is 0 Å². The van der Waals surface area contributed by atoms with E-state index in [1.807, 2.05) is 26.0 Å². The van der Waals surface area contributed by atoms with Crippen LogP contribution in [0.5, 0.6) is 0 Å². The highest BCUT2D eigenvalue weighted by Crippen LogP contribution is 2.40. The van der Waals surface area contributed by atoms with E-state index in [1.54, 1.807) is 0 Å². The molecule has 2 amide bonds. The van der Waals surface area contributed by atoms with Crippen molar-refractivity contribution in [2.24, 2.45) is 5.73 Å². The molecule has 0 radical (unpaired) electrons. The Hall–Kier alpha value is -1.68. The summed E-state index contributed by atoms with van der Waals surface area (Å²) in [5.41, 5.74) is 8.37. The fourth-order valence-corrected chi connectivity index (χ4v) is 3.66. The summed E-state index contributed by atoms with van der Waals surface area (Å²) >= 11 is 0. The SMILES string of the molecule is Cc1ccc(C)c2c1C(=O)N(C1(CN)CCCC1)C2=O. The average molecular weight is 272 g/mol. The summed E-state index contributed by atoms with van der Waals surface area (Å²) in [6.07, 6.45) is 3.71. The van der Waals surface area contributed by atoms with Crippen LogP contribution in [0.3, 0.4) is 0 Å². The zero-order chi connectivity index (χ0) is 14.5. The number of hydrogen-bond donors (Lipinski definition) is 1. The van der Waals surface area contributed by atoms with E-state index in [2.05, 4.69) is 0 Å². The van der Waals surface area contributed by atoms with Gasteiger partial charge in [-0.3, -0.25) is 14.5 Å². The molecule has 2 aliphatic rings. The number of nitrogens with two attached hydrogens (primary N) is 1. The number of rotatable bonds is 2. The lowest BCUT2D eigenvalue weighted by atomic mass is 9.95. The minimum atomic E-state index is -0.466. The Bertz CT molecular complexity index is 560. The second kappa shape index (κ2) is 4.42. The highest BCUT2D eigenvalue weighted by molar-refractivity contribution is 6.23. The highest BCUT2D eigenvalue weighted by Gasteiger charge is 2.50. The first-order valence-corrected chi connectivity index (χ1v) is 7.21. The van der Waals surface area contributed by atoms with Crippen molar-refractivity contribution in [3.05, 3.63) is 34.4 Å². The van der Waals surface area contributed by atoms with Crippen molar-refractivity contribution in [2.45, 2.75) is 45.1 Å². The molecule has 1 fully saturated rings. The van der Waals surface area contributed by atoms with Crippen LogP contribution in [-0.2, 0) is 0 Å². The third-order valence-corrected chi connectivity index (χ3v) is 4.84. The summed E-state index contributed by atoms with van der Waals surface area (Å²) in [5, 5.41) is 0. The molecule has 0 saturated heterocycles. The summed E-state index contributed by atoms with van der Waals surface area (Å²) in [5.74, 6) is -0.308. The number of aryl methyl sites for hydroxylation is 2. The fourth-order valence-electron chi connectivity index (χ4n) is 3.66. The van der Waals surface area contributed by atoms with Crippen LogP contribution in [0, 0.1) is 13.8 Å². The molecule has 20 heavy (non-hydrogen) atoms. The van der Waals surface area contributed by atoms with Gasteiger partial charge in [0.15, 0.2) is 0 Å². The Kier molecular flexibility index (Phi) is 2.94.